The van der Waals surface area contributed by atoms with Gasteiger partial charge in [0.1, 0.15) is 0 Å². The Morgan fingerprint density at radius 1 is 1.38 bits per heavy atom. The van der Waals surface area contributed by atoms with Gasteiger partial charge in [0.25, 0.3) is 5.91 Å². The molecule has 16 heavy (non-hydrogen) atoms. The van der Waals surface area contributed by atoms with Crippen LogP contribution in [0.15, 0.2) is 18.2 Å². The molecule has 0 spiro atoms. The lowest BCUT2D eigenvalue weighted by molar-refractivity contribution is 0.0946. The van der Waals surface area contributed by atoms with Gasteiger partial charge < -0.3 is 5.32 Å². The molecule has 0 bridgehead atoms. The van der Waals surface area contributed by atoms with Crippen LogP contribution in [0.2, 0.25) is 0 Å². The van der Waals surface area contributed by atoms with Gasteiger partial charge in [-0.25, -0.2) is 0 Å². The first-order chi connectivity index (χ1) is 7.54. The molecule has 2 nitrogen and oxygen atoms in total. The van der Waals surface area contributed by atoms with Crippen LogP contribution >= 0.6 is 0 Å². The second-order valence-electron chi connectivity index (χ2n) is 5.12. The largest absolute Gasteiger partial charge is 0.352 e. The predicted molar refractivity (Wildman–Crippen MR) is 65.8 cm³/mol. The van der Waals surface area contributed by atoms with Crippen LogP contribution in [0.3, 0.4) is 0 Å². The van der Waals surface area contributed by atoms with E-state index in [2.05, 4.69) is 44.3 Å². The number of benzene rings is 1. The summed E-state index contributed by atoms with van der Waals surface area (Å²) in [5, 5.41) is 2.90. The molecule has 2 rings (SSSR count). The molecule has 0 aliphatic carbocycles. The van der Waals surface area contributed by atoms with Gasteiger partial charge in [-0.15, -0.1) is 0 Å². The zero-order valence-electron chi connectivity index (χ0n) is 10.3. The summed E-state index contributed by atoms with van der Waals surface area (Å²) in [6.45, 7) is 7.38. The molecule has 1 aliphatic rings. The van der Waals surface area contributed by atoms with Crippen LogP contribution in [-0.2, 0) is 11.8 Å². The maximum atomic E-state index is 11.7. The highest BCUT2D eigenvalue weighted by atomic mass is 16.1. The molecule has 1 aromatic carbocycles. The lowest BCUT2D eigenvalue weighted by Gasteiger charge is -2.26. The molecule has 1 heterocycles. The molecular weight excluding hydrogens is 198 g/mol. The number of rotatable bonds is 2. The fourth-order valence-electron chi connectivity index (χ4n) is 2.04. The first kappa shape index (κ1) is 11.2. The van der Waals surface area contributed by atoms with Gasteiger partial charge in [0.05, 0.1) is 0 Å². The molecule has 1 amide bonds. The Morgan fingerprint density at radius 2 is 2.12 bits per heavy atom. The lowest BCUT2D eigenvalue weighted by atomic mass is 9.80. The van der Waals surface area contributed by atoms with Crippen LogP contribution in [0.5, 0.6) is 0 Å². The Bertz CT molecular complexity index is 421. The summed E-state index contributed by atoms with van der Waals surface area (Å²) in [7, 11) is 0. The minimum Gasteiger partial charge on any atom is -0.352 e. The van der Waals surface area contributed by atoms with Gasteiger partial charge >= 0.3 is 0 Å². The van der Waals surface area contributed by atoms with E-state index in [0.717, 1.165) is 24.9 Å². The second-order valence-corrected chi connectivity index (χ2v) is 5.12. The molecule has 86 valence electrons. The quantitative estimate of drug-likeness (QED) is 0.810. The molecule has 1 aliphatic heterocycles. The fraction of sp³-hybridized carbons (Fsp3) is 0.500. The van der Waals surface area contributed by atoms with E-state index in [0.29, 0.717) is 0 Å². The minimum atomic E-state index is 0.0787. The highest BCUT2D eigenvalue weighted by Gasteiger charge is 2.22. The molecule has 0 saturated carbocycles. The van der Waals surface area contributed by atoms with Gasteiger partial charge in [-0.1, -0.05) is 32.9 Å². The van der Waals surface area contributed by atoms with Crippen molar-refractivity contribution < 1.29 is 4.79 Å². The Hall–Kier alpha value is -1.31. The molecule has 0 saturated heterocycles. The zero-order valence-corrected chi connectivity index (χ0v) is 10.3. The second kappa shape index (κ2) is 3.93. The van der Waals surface area contributed by atoms with Crippen molar-refractivity contribution in [3.05, 3.63) is 34.9 Å². The van der Waals surface area contributed by atoms with Crippen molar-refractivity contribution in [2.45, 2.75) is 39.0 Å². The van der Waals surface area contributed by atoms with E-state index in [4.69, 9.17) is 0 Å². The van der Waals surface area contributed by atoms with E-state index in [1.54, 1.807) is 0 Å². The maximum absolute atomic E-state index is 11.7. The molecule has 0 fully saturated rings. The van der Waals surface area contributed by atoms with Crippen LogP contribution in [-0.4, -0.2) is 12.5 Å². The standard InChI is InChI=1S/C14H19NO/c1-4-14(2,3)11-6-5-10-7-8-15-13(16)12(10)9-11/h5-6,9H,4,7-8H2,1-3H3,(H,15,16). The number of nitrogens with one attached hydrogen (secondary N) is 1. The molecule has 0 aromatic heterocycles. The molecular formula is C14H19NO. The third-order valence-corrected chi connectivity index (χ3v) is 3.70. The molecule has 2 heteroatoms. The van der Waals surface area contributed by atoms with Crippen molar-refractivity contribution in [2.75, 3.05) is 6.54 Å². The van der Waals surface area contributed by atoms with Crippen LogP contribution in [0.4, 0.5) is 0 Å². The average molecular weight is 217 g/mol. The summed E-state index contributed by atoms with van der Waals surface area (Å²) in [4.78, 5) is 11.7. The molecule has 0 radical (unpaired) electrons. The number of carbonyl (C=O) groups is 1. The maximum Gasteiger partial charge on any atom is 0.251 e. The van der Waals surface area contributed by atoms with Gasteiger partial charge in [-0.3, -0.25) is 4.79 Å². The Morgan fingerprint density at radius 3 is 2.81 bits per heavy atom. The van der Waals surface area contributed by atoms with E-state index >= 15 is 0 Å². The normalized spacial score (nSPS) is 15.6. The highest BCUT2D eigenvalue weighted by molar-refractivity contribution is 5.96. The number of carbonyl (C=O) groups excluding carboxylic acids is 1. The first-order valence-corrected chi connectivity index (χ1v) is 5.96. The summed E-state index contributed by atoms with van der Waals surface area (Å²) < 4.78 is 0. The van der Waals surface area contributed by atoms with Crippen molar-refractivity contribution in [2.24, 2.45) is 0 Å². The molecule has 1 aromatic rings. The summed E-state index contributed by atoms with van der Waals surface area (Å²) in [5.41, 5.74) is 3.45. The Kier molecular flexibility index (Phi) is 2.75. The minimum absolute atomic E-state index is 0.0787. The van der Waals surface area contributed by atoms with Crippen molar-refractivity contribution in [3.8, 4) is 0 Å². The molecule has 0 atom stereocenters. The van der Waals surface area contributed by atoms with Crippen molar-refractivity contribution in [3.63, 3.8) is 0 Å². The van der Waals surface area contributed by atoms with E-state index in [-0.39, 0.29) is 11.3 Å². The average Bonchev–Trinajstić information content (AvgIpc) is 2.29. The van der Waals surface area contributed by atoms with E-state index in [1.165, 1.54) is 11.1 Å². The number of fused-ring (bicyclic) bond motifs is 1. The van der Waals surface area contributed by atoms with Gasteiger partial charge in [-0.05, 0) is 35.4 Å². The first-order valence-electron chi connectivity index (χ1n) is 5.96. The van der Waals surface area contributed by atoms with Crippen LogP contribution in [0.1, 0.15) is 48.7 Å². The van der Waals surface area contributed by atoms with Gasteiger partial charge in [0.15, 0.2) is 0 Å². The van der Waals surface area contributed by atoms with Crippen molar-refractivity contribution in [1.29, 1.82) is 0 Å². The molecule has 1 N–H and O–H groups in total. The topological polar surface area (TPSA) is 29.1 Å². The smallest absolute Gasteiger partial charge is 0.251 e. The molecule has 0 unspecified atom stereocenters. The third-order valence-electron chi connectivity index (χ3n) is 3.70. The van der Waals surface area contributed by atoms with Gasteiger partial charge in [0, 0.05) is 12.1 Å². The summed E-state index contributed by atoms with van der Waals surface area (Å²) in [5.74, 6) is 0.0787. The number of hydrogen-bond donors (Lipinski definition) is 1. The van der Waals surface area contributed by atoms with E-state index < -0.39 is 0 Å². The summed E-state index contributed by atoms with van der Waals surface area (Å²) in [6, 6.07) is 6.34. The lowest BCUT2D eigenvalue weighted by Crippen LogP contribution is -2.32. The Labute approximate surface area is 97.1 Å². The monoisotopic (exact) mass is 217 g/mol. The summed E-state index contributed by atoms with van der Waals surface area (Å²) in [6.07, 6.45) is 2.03. The number of amides is 1. The number of hydrogen-bond acceptors (Lipinski definition) is 1. The van der Waals surface area contributed by atoms with E-state index in [9.17, 15) is 4.79 Å². The van der Waals surface area contributed by atoms with Gasteiger partial charge in [-0.2, -0.15) is 0 Å². The van der Waals surface area contributed by atoms with Crippen LogP contribution in [0.25, 0.3) is 0 Å². The predicted octanol–water partition coefficient (Wildman–Crippen LogP) is 2.66. The van der Waals surface area contributed by atoms with E-state index in [1.807, 2.05) is 0 Å². The summed E-state index contributed by atoms with van der Waals surface area (Å²) >= 11 is 0. The fourth-order valence-corrected chi connectivity index (χ4v) is 2.04. The zero-order chi connectivity index (χ0) is 11.8. The highest BCUT2D eigenvalue weighted by Crippen LogP contribution is 2.29. The van der Waals surface area contributed by atoms with Crippen LogP contribution < -0.4 is 5.32 Å². The SMILES string of the molecule is CCC(C)(C)c1ccc2c(c1)C(=O)NCC2. The van der Waals surface area contributed by atoms with Gasteiger partial charge in [0.2, 0.25) is 0 Å². The Balaban J connectivity index is 2.45. The van der Waals surface area contributed by atoms with Crippen LogP contribution in [0, 0.1) is 0 Å². The third kappa shape index (κ3) is 1.84. The van der Waals surface area contributed by atoms with Crippen molar-refractivity contribution in [1.82, 2.24) is 5.32 Å². The van der Waals surface area contributed by atoms with Crippen molar-refractivity contribution >= 4 is 5.91 Å².